The highest BCUT2D eigenvalue weighted by atomic mass is 16.5. The highest BCUT2D eigenvalue weighted by molar-refractivity contribution is 5.31. The number of rotatable bonds is 4. The van der Waals surface area contributed by atoms with Crippen LogP contribution in [0.2, 0.25) is 0 Å². The fourth-order valence-electron chi connectivity index (χ4n) is 4.52. The number of aromatic nitrogens is 1. The molecule has 0 bridgehead atoms. The van der Waals surface area contributed by atoms with Gasteiger partial charge < -0.3 is 10.5 Å². The zero-order valence-corrected chi connectivity index (χ0v) is 13.3. The van der Waals surface area contributed by atoms with E-state index in [2.05, 4.69) is 24.9 Å². The van der Waals surface area contributed by atoms with Gasteiger partial charge >= 0.3 is 0 Å². The Morgan fingerprint density at radius 3 is 3.10 bits per heavy atom. The Morgan fingerprint density at radius 1 is 1.48 bits per heavy atom. The molecule has 2 aliphatic carbocycles. The zero-order chi connectivity index (χ0) is 14.9. The summed E-state index contributed by atoms with van der Waals surface area (Å²) in [5.41, 5.74) is 9.25. The number of hydrogen-bond acceptors (Lipinski definition) is 3. The van der Waals surface area contributed by atoms with E-state index in [9.17, 15) is 0 Å². The first-order chi connectivity index (χ1) is 10.2. The third-order valence-electron chi connectivity index (χ3n) is 5.47. The van der Waals surface area contributed by atoms with Gasteiger partial charge in [-0.15, -0.1) is 0 Å². The third-order valence-corrected chi connectivity index (χ3v) is 5.47. The Labute approximate surface area is 128 Å². The lowest BCUT2D eigenvalue weighted by Gasteiger charge is -2.46. The van der Waals surface area contributed by atoms with E-state index in [0.717, 1.165) is 32.3 Å². The van der Waals surface area contributed by atoms with Gasteiger partial charge in [0.1, 0.15) is 0 Å². The molecular weight excluding hydrogens is 260 g/mol. The molecular formula is C18H28N2O. The minimum absolute atomic E-state index is 0.0661. The van der Waals surface area contributed by atoms with Crippen LogP contribution >= 0.6 is 0 Å². The second-order valence-corrected chi connectivity index (χ2v) is 6.92. The van der Waals surface area contributed by atoms with Crippen LogP contribution in [0.4, 0.5) is 0 Å². The van der Waals surface area contributed by atoms with E-state index in [1.165, 1.54) is 24.1 Å². The van der Waals surface area contributed by atoms with Crippen molar-refractivity contribution in [3.8, 4) is 0 Å². The Balaban J connectivity index is 1.87. The normalized spacial score (nSPS) is 33.7. The fraction of sp³-hybridized carbons (Fsp3) is 0.722. The molecule has 4 atom stereocenters. The lowest BCUT2D eigenvalue weighted by molar-refractivity contribution is -0.0976. The topological polar surface area (TPSA) is 48.1 Å². The van der Waals surface area contributed by atoms with E-state index in [1.54, 1.807) is 0 Å². The van der Waals surface area contributed by atoms with E-state index in [1.807, 2.05) is 12.3 Å². The van der Waals surface area contributed by atoms with Gasteiger partial charge in [-0.1, -0.05) is 25.8 Å². The highest BCUT2D eigenvalue weighted by Gasteiger charge is 2.46. The average molecular weight is 288 g/mol. The number of hydrogen-bond donors (Lipinski definition) is 1. The zero-order valence-electron chi connectivity index (χ0n) is 13.3. The molecule has 2 N–H and O–H groups in total. The molecule has 1 aromatic heterocycles. The molecule has 0 radical (unpaired) electrons. The van der Waals surface area contributed by atoms with Crippen molar-refractivity contribution in [2.45, 2.75) is 69.9 Å². The molecule has 1 saturated carbocycles. The molecule has 0 amide bonds. The van der Waals surface area contributed by atoms with E-state index >= 15 is 0 Å². The summed E-state index contributed by atoms with van der Waals surface area (Å²) in [6, 6.07) is 4.30. The second kappa shape index (κ2) is 6.05. The van der Waals surface area contributed by atoms with Crippen LogP contribution in [0.15, 0.2) is 18.3 Å². The number of pyridine rings is 1. The second-order valence-electron chi connectivity index (χ2n) is 6.92. The predicted molar refractivity (Wildman–Crippen MR) is 85.3 cm³/mol. The van der Waals surface area contributed by atoms with Crippen LogP contribution in [0.5, 0.6) is 0 Å². The number of ether oxygens (including phenoxy) is 1. The summed E-state index contributed by atoms with van der Waals surface area (Å²) in [6.07, 6.45) is 8.88. The smallest absolute Gasteiger partial charge is 0.0841 e. The predicted octanol–water partition coefficient (Wildman–Crippen LogP) is 3.42. The van der Waals surface area contributed by atoms with Crippen LogP contribution in [-0.2, 0) is 11.2 Å². The molecule has 0 aliphatic heterocycles. The highest BCUT2D eigenvalue weighted by Crippen LogP contribution is 2.44. The third kappa shape index (κ3) is 2.74. The van der Waals surface area contributed by atoms with Crippen LogP contribution in [0.1, 0.15) is 63.1 Å². The van der Waals surface area contributed by atoms with E-state index in [-0.39, 0.29) is 11.6 Å². The van der Waals surface area contributed by atoms with E-state index in [0.29, 0.717) is 11.8 Å². The van der Waals surface area contributed by atoms with Gasteiger partial charge in [0.25, 0.3) is 0 Å². The molecule has 1 fully saturated rings. The molecule has 0 aromatic carbocycles. The summed E-state index contributed by atoms with van der Waals surface area (Å²) in [6.45, 7) is 5.18. The number of aryl methyl sites for hydroxylation is 1. The minimum Gasteiger partial charge on any atom is -0.374 e. The minimum atomic E-state index is -0.143. The van der Waals surface area contributed by atoms with Gasteiger partial charge in [-0.3, -0.25) is 4.98 Å². The lowest BCUT2D eigenvalue weighted by atomic mass is 9.71. The van der Waals surface area contributed by atoms with Gasteiger partial charge in [-0.05, 0) is 50.2 Å². The molecule has 4 unspecified atom stereocenters. The van der Waals surface area contributed by atoms with Crippen LogP contribution in [-0.4, -0.2) is 23.2 Å². The van der Waals surface area contributed by atoms with Crippen molar-refractivity contribution < 1.29 is 4.74 Å². The lowest BCUT2D eigenvalue weighted by Crippen LogP contribution is -2.55. The first-order valence-electron chi connectivity index (χ1n) is 8.49. The summed E-state index contributed by atoms with van der Waals surface area (Å²) in [5, 5.41) is 0. The fourth-order valence-corrected chi connectivity index (χ4v) is 4.52. The number of fused-ring (bicyclic) bond motifs is 1. The molecule has 0 spiro atoms. The summed E-state index contributed by atoms with van der Waals surface area (Å²) in [4.78, 5) is 4.63. The first kappa shape index (κ1) is 15.0. The van der Waals surface area contributed by atoms with Gasteiger partial charge in [0, 0.05) is 30.5 Å². The molecule has 3 nitrogen and oxygen atoms in total. The van der Waals surface area contributed by atoms with Gasteiger partial charge in [-0.25, -0.2) is 0 Å². The van der Waals surface area contributed by atoms with E-state index < -0.39 is 0 Å². The largest absolute Gasteiger partial charge is 0.374 e. The molecule has 0 saturated heterocycles. The van der Waals surface area contributed by atoms with Crippen LogP contribution < -0.4 is 5.73 Å². The molecule has 1 heterocycles. The van der Waals surface area contributed by atoms with Crippen LogP contribution in [0, 0.1) is 5.92 Å². The van der Waals surface area contributed by atoms with Crippen molar-refractivity contribution in [1.82, 2.24) is 4.98 Å². The van der Waals surface area contributed by atoms with Gasteiger partial charge in [0.05, 0.1) is 5.60 Å². The SMILES string of the molecule is CCOC1(C(N)C2CCc3cccnc32)CCCC(C)C1. The Kier molecular flexibility index (Phi) is 4.32. The van der Waals surface area contributed by atoms with Crippen molar-refractivity contribution >= 4 is 0 Å². The van der Waals surface area contributed by atoms with Gasteiger partial charge in [0.2, 0.25) is 0 Å². The molecule has 3 heteroatoms. The summed E-state index contributed by atoms with van der Waals surface area (Å²) in [5.74, 6) is 1.07. The molecule has 21 heavy (non-hydrogen) atoms. The van der Waals surface area contributed by atoms with Gasteiger partial charge in [-0.2, -0.15) is 0 Å². The van der Waals surface area contributed by atoms with Crippen molar-refractivity contribution in [3.63, 3.8) is 0 Å². The van der Waals surface area contributed by atoms with Crippen molar-refractivity contribution in [2.24, 2.45) is 11.7 Å². The summed E-state index contributed by atoms with van der Waals surface area (Å²) >= 11 is 0. The van der Waals surface area contributed by atoms with Crippen LogP contribution in [0.3, 0.4) is 0 Å². The van der Waals surface area contributed by atoms with Gasteiger partial charge in [0.15, 0.2) is 0 Å². The number of nitrogens with zero attached hydrogens (tertiary/aromatic N) is 1. The summed E-state index contributed by atoms with van der Waals surface area (Å²) in [7, 11) is 0. The first-order valence-corrected chi connectivity index (χ1v) is 8.49. The molecule has 116 valence electrons. The van der Waals surface area contributed by atoms with Crippen molar-refractivity contribution in [3.05, 3.63) is 29.6 Å². The Hall–Kier alpha value is -0.930. The number of nitrogens with two attached hydrogens (primary N) is 1. The Morgan fingerprint density at radius 2 is 2.33 bits per heavy atom. The maximum absolute atomic E-state index is 6.79. The quantitative estimate of drug-likeness (QED) is 0.923. The molecule has 1 aromatic rings. The van der Waals surface area contributed by atoms with E-state index in [4.69, 9.17) is 10.5 Å². The van der Waals surface area contributed by atoms with Crippen LogP contribution in [0.25, 0.3) is 0 Å². The van der Waals surface area contributed by atoms with Crippen molar-refractivity contribution in [2.75, 3.05) is 6.61 Å². The maximum atomic E-state index is 6.79. The monoisotopic (exact) mass is 288 g/mol. The Bertz CT molecular complexity index is 486. The average Bonchev–Trinajstić information content (AvgIpc) is 2.90. The standard InChI is InChI=1S/C18H28N2O/c1-3-21-18(10-4-6-13(2)12-18)17(19)15-9-8-14-7-5-11-20-16(14)15/h5,7,11,13,15,17H,3-4,6,8-10,12,19H2,1-2H3. The maximum Gasteiger partial charge on any atom is 0.0841 e. The molecule has 2 aliphatic rings. The summed E-state index contributed by atoms with van der Waals surface area (Å²) < 4.78 is 6.28. The van der Waals surface area contributed by atoms with Crippen molar-refractivity contribution in [1.29, 1.82) is 0 Å². The molecule has 3 rings (SSSR count).